The summed E-state index contributed by atoms with van der Waals surface area (Å²) >= 11 is 0. The molecule has 0 radical (unpaired) electrons. The molecule has 3 aromatic rings. The SMILES string of the molecule is CCOC(=O)c1cc(NC(=O)[C@H](C)c2cccc(C(=O)c3ccccc3)c2)ccc1O. The molecule has 0 saturated carbocycles. The molecule has 0 aliphatic rings. The maximum absolute atomic E-state index is 12.8. The van der Waals surface area contributed by atoms with Crippen molar-refractivity contribution in [1.29, 1.82) is 0 Å². The van der Waals surface area contributed by atoms with E-state index in [4.69, 9.17) is 4.74 Å². The Morgan fingerprint density at radius 2 is 1.65 bits per heavy atom. The van der Waals surface area contributed by atoms with Gasteiger partial charge in [-0.25, -0.2) is 4.79 Å². The van der Waals surface area contributed by atoms with Crippen LogP contribution in [0.1, 0.15) is 51.6 Å². The number of phenolic OH excluding ortho intramolecular Hbond substituents is 1. The number of hydrogen-bond acceptors (Lipinski definition) is 5. The zero-order chi connectivity index (χ0) is 22.4. The highest BCUT2D eigenvalue weighted by Gasteiger charge is 2.19. The van der Waals surface area contributed by atoms with Crippen LogP contribution in [-0.4, -0.2) is 29.4 Å². The topological polar surface area (TPSA) is 92.7 Å². The second kappa shape index (κ2) is 9.71. The molecule has 0 saturated heterocycles. The minimum atomic E-state index is -0.670. The van der Waals surface area contributed by atoms with E-state index in [2.05, 4.69) is 5.32 Å². The average Bonchev–Trinajstić information content (AvgIpc) is 2.80. The first-order valence-corrected chi connectivity index (χ1v) is 9.91. The van der Waals surface area contributed by atoms with E-state index in [0.29, 0.717) is 22.4 Å². The van der Waals surface area contributed by atoms with Crippen LogP contribution in [0.15, 0.2) is 72.8 Å². The lowest BCUT2D eigenvalue weighted by atomic mass is 9.95. The molecule has 6 nitrogen and oxygen atoms in total. The molecule has 0 spiro atoms. The van der Waals surface area contributed by atoms with Crippen LogP contribution in [0.5, 0.6) is 5.75 Å². The molecule has 0 bridgehead atoms. The van der Waals surface area contributed by atoms with Gasteiger partial charge in [0.15, 0.2) is 5.78 Å². The first-order chi connectivity index (χ1) is 14.9. The van der Waals surface area contributed by atoms with Crippen molar-refractivity contribution >= 4 is 23.3 Å². The monoisotopic (exact) mass is 417 g/mol. The van der Waals surface area contributed by atoms with Gasteiger partial charge in [0, 0.05) is 16.8 Å². The Kier molecular flexibility index (Phi) is 6.82. The quantitative estimate of drug-likeness (QED) is 0.334. The van der Waals surface area contributed by atoms with Crippen molar-refractivity contribution in [2.75, 3.05) is 11.9 Å². The molecule has 0 aromatic heterocycles. The summed E-state index contributed by atoms with van der Waals surface area (Å²) in [5.74, 6) is -1.88. The summed E-state index contributed by atoms with van der Waals surface area (Å²) in [6.45, 7) is 3.57. The lowest BCUT2D eigenvalue weighted by Crippen LogP contribution is -2.19. The highest BCUT2D eigenvalue weighted by molar-refractivity contribution is 6.09. The number of carbonyl (C=O) groups is 3. The van der Waals surface area contributed by atoms with Gasteiger partial charge >= 0.3 is 5.97 Å². The van der Waals surface area contributed by atoms with Crippen LogP contribution in [0.4, 0.5) is 5.69 Å². The average molecular weight is 417 g/mol. The van der Waals surface area contributed by atoms with Crippen LogP contribution in [-0.2, 0) is 9.53 Å². The van der Waals surface area contributed by atoms with Crippen molar-refractivity contribution in [3.63, 3.8) is 0 Å². The minimum Gasteiger partial charge on any atom is -0.507 e. The first-order valence-electron chi connectivity index (χ1n) is 9.91. The number of ether oxygens (including phenoxy) is 1. The van der Waals surface area contributed by atoms with E-state index in [9.17, 15) is 19.5 Å². The number of nitrogens with one attached hydrogen (secondary N) is 1. The minimum absolute atomic E-state index is 0.0252. The van der Waals surface area contributed by atoms with Crippen molar-refractivity contribution < 1.29 is 24.2 Å². The van der Waals surface area contributed by atoms with Crippen LogP contribution < -0.4 is 5.32 Å². The number of phenols is 1. The van der Waals surface area contributed by atoms with E-state index in [1.807, 2.05) is 6.07 Å². The summed E-state index contributed by atoms with van der Waals surface area (Å²) in [7, 11) is 0. The van der Waals surface area contributed by atoms with Gasteiger partial charge in [-0.15, -0.1) is 0 Å². The van der Waals surface area contributed by atoms with Gasteiger partial charge in [-0.3, -0.25) is 9.59 Å². The van der Waals surface area contributed by atoms with Crippen molar-refractivity contribution in [1.82, 2.24) is 0 Å². The third-order valence-electron chi connectivity index (χ3n) is 4.84. The number of esters is 1. The molecule has 0 aliphatic carbocycles. The van der Waals surface area contributed by atoms with Crippen molar-refractivity contribution in [3.8, 4) is 5.75 Å². The number of aromatic hydroxyl groups is 1. The van der Waals surface area contributed by atoms with Gasteiger partial charge in [0.05, 0.1) is 12.5 Å². The Balaban J connectivity index is 1.77. The van der Waals surface area contributed by atoms with Gasteiger partial charge in [0.1, 0.15) is 11.3 Å². The standard InChI is InChI=1S/C25H23NO5/c1-3-31-25(30)21-15-20(12-13-22(21)27)26-24(29)16(2)18-10-7-11-19(14-18)23(28)17-8-5-4-6-9-17/h4-16,27H,3H2,1-2H3,(H,26,29)/t16-/m1/s1. The largest absolute Gasteiger partial charge is 0.507 e. The van der Waals surface area contributed by atoms with Crippen LogP contribution >= 0.6 is 0 Å². The van der Waals surface area contributed by atoms with Crippen LogP contribution in [0.3, 0.4) is 0 Å². The maximum Gasteiger partial charge on any atom is 0.341 e. The normalized spacial score (nSPS) is 11.4. The van der Waals surface area contributed by atoms with E-state index in [0.717, 1.165) is 0 Å². The predicted molar refractivity (Wildman–Crippen MR) is 117 cm³/mol. The highest BCUT2D eigenvalue weighted by Crippen LogP contribution is 2.25. The summed E-state index contributed by atoms with van der Waals surface area (Å²) in [6, 6.07) is 20.1. The second-order valence-electron chi connectivity index (χ2n) is 6.98. The van der Waals surface area contributed by atoms with Crippen LogP contribution in [0, 0.1) is 0 Å². The summed E-state index contributed by atoms with van der Waals surface area (Å²) in [6.07, 6.45) is 0. The number of benzene rings is 3. The molecule has 2 N–H and O–H groups in total. The van der Waals surface area contributed by atoms with Gasteiger partial charge in [0.25, 0.3) is 0 Å². The van der Waals surface area contributed by atoms with Crippen LogP contribution in [0.2, 0.25) is 0 Å². The van der Waals surface area contributed by atoms with E-state index >= 15 is 0 Å². The number of amides is 1. The van der Waals surface area contributed by atoms with Gasteiger partial charge in [-0.2, -0.15) is 0 Å². The predicted octanol–water partition coefficient (Wildman–Crippen LogP) is 4.54. The van der Waals surface area contributed by atoms with E-state index < -0.39 is 11.9 Å². The third kappa shape index (κ3) is 5.17. The molecule has 1 amide bonds. The fourth-order valence-electron chi connectivity index (χ4n) is 3.09. The number of anilines is 1. The van der Waals surface area contributed by atoms with Crippen molar-refractivity contribution in [3.05, 3.63) is 95.1 Å². The van der Waals surface area contributed by atoms with Gasteiger partial charge < -0.3 is 15.2 Å². The maximum atomic E-state index is 12.8. The Morgan fingerprint density at radius 3 is 2.35 bits per heavy atom. The lowest BCUT2D eigenvalue weighted by molar-refractivity contribution is -0.117. The molecular formula is C25H23NO5. The molecule has 3 aromatic carbocycles. The molecule has 3 rings (SSSR count). The molecule has 158 valence electrons. The number of carbonyl (C=O) groups excluding carboxylic acids is 3. The third-order valence-corrected chi connectivity index (χ3v) is 4.84. The van der Waals surface area contributed by atoms with Gasteiger partial charge in [-0.05, 0) is 43.7 Å². The fraction of sp³-hybridized carbons (Fsp3) is 0.160. The smallest absolute Gasteiger partial charge is 0.341 e. The summed E-state index contributed by atoms with van der Waals surface area (Å²) < 4.78 is 4.91. The van der Waals surface area contributed by atoms with Gasteiger partial charge in [0.2, 0.25) is 5.91 Å². The summed E-state index contributed by atoms with van der Waals surface area (Å²) in [5.41, 5.74) is 2.09. The zero-order valence-electron chi connectivity index (χ0n) is 17.3. The zero-order valence-corrected chi connectivity index (χ0v) is 17.3. The summed E-state index contributed by atoms with van der Waals surface area (Å²) in [5, 5.41) is 12.6. The molecule has 31 heavy (non-hydrogen) atoms. The second-order valence-corrected chi connectivity index (χ2v) is 6.98. The Labute approximate surface area is 180 Å². The molecule has 0 aliphatic heterocycles. The lowest BCUT2D eigenvalue weighted by Gasteiger charge is -2.14. The Morgan fingerprint density at radius 1 is 0.935 bits per heavy atom. The van der Waals surface area contributed by atoms with Crippen molar-refractivity contribution in [2.45, 2.75) is 19.8 Å². The van der Waals surface area contributed by atoms with E-state index in [-0.39, 0.29) is 29.6 Å². The van der Waals surface area contributed by atoms with E-state index in [1.54, 1.807) is 62.4 Å². The number of ketones is 1. The number of hydrogen-bond donors (Lipinski definition) is 2. The molecule has 6 heteroatoms. The Hall–Kier alpha value is -3.93. The molecular weight excluding hydrogens is 394 g/mol. The van der Waals surface area contributed by atoms with Crippen LogP contribution in [0.25, 0.3) is 0 Å². The molecule has 0 unspecified atom stereocenters. The molecule has 0 fully saturated rings. The fourth-order valence-corrected chi connectivity index (χ4v) is 3.09. The Bertz CT molecular complexity index is 1110. The first kappa shape index (κ1) is 21.8. The van der Waals surface area contributed by atoms with Gasteiger partial charge in [-0.1, -0.05) is 48.5 Å². The van der Waals surface area contributed by atoms with Crippen molar-refractivity contribution in [2.24, 2.45) is 0 Å². The highest BCUT2D eigenvalue weighted by atomic mass is 16.5. The summed E-state index contributed by atoms with van der Waals surface area (Å²) in [4.78, 5) is 37.4. The van der Waals surface area contributed by atoms with E-state index in [1.165, 1.54) is 18.2 Å². The number of rotatable bonds is 7. The molecule has 1 atom stereocenters. The molecule has 0 heterocycles.